The van der Waals surface area contributed by atoms with Gasteiger partial charge in [-0.1, -0.05) is 36.4 Å². The number of pyridine rings is 1. The van der Waals surface area contributed by atoms with Crippen molar-refractivity contribution in [1.82, 2.24) is 9.97 Å². The standard InChI is InChI=1S/C28H21N3O2S/c1-17-9-10-20-22(15-29-25(20)13-17)23-6-4-7-24(30-23)28(33)31-12-11-18-14-19(16-32)34-27(18)21-5-2-3-8-26(21)31/h2-10,13-16,29H,11-12H2,1H3. The van der Waals surface area contributed by atoms with Gasteiger partial charge >= 0.3 is 0 Å². The molecule has 1 aliphatic rings. The Labute approximate surface area is 200 Å². The fourth-order valence-electron chi connectivity index (χ4n) is 4.68. The molecule has 5 aromatic rings. The number of fused-ring (bicyclic) bond motifs is 4. The van der Waals surface area contributed by atoms with Gasteiger partial charge in [0.05, 0.1) is 16.3 Å². The van der Waals surface area contributed by atoms with Crippen LogP contribution >= 0.6 is 11.3 Å². The normalized spacial score (nSPS) is 12.8. The van der Waals surface area contributed by atoms with Crippen LogP contribution in [-0.4, -0.2) is 28.7 Å². The van der Waals surface area contributed by atoms with Crippen molar-refractivity contribution >= 4 is 40.1 Å². The molecule has 4 heterocycles. The Morgan fingerprint density at radius 1 is 1.06 bits per heavy atom. The minimum atomic E-state index is -0.129. The van der Waals surface area contributed by atoms with Crippen molar-refractivity contribution in [2.45, 2.75) is 13.3 Å². The molecule has 0 fully saturated rings. The third kappa shape index (κ3) is 3.35. The van der Waals surface area contributed by atoms with Crippen molar-refractivity contribution in [3.05, 3.63) is 94.6 Å². The highest BCUT2D eigenvalue weighted by molar-refractivity contribution is 7.17. The smallest absolute Gasteiger partial charge is 0.276 e. The lowest BCUT2D eigenvalue weighted by molar-refractivity contribution is 0.0982. The molecule has 3 aromatic heterocycles. The first-order valence-electron chi connectivity index (χ1n) is 11.2. The van der Waals surface area contributed by atoms with Crippen molar-refractivity contribution in [2.75, 3.05) is 11.4 Å². The molecule has 0 atom stereocenters. The van der Waals surface area contributed by atoms with Gasteiger partial charge in [-0.2, -0.15) is 0 Å². The van der Waals surface area contributed by atoms with Gasteiger partial charge in [0.15, 0.2) is 6.29 Å². The fraction of sp³-hybridized carbons (Fsp3) is 0.107. The number of carbonyl (C=O) groups is 2. The number of carbonyl (C=O) groups excluding carboxylic acids is 2. The number of hydrogen-bond acceptors (Lipinski definition) is 4. The van der Waals surface area contributed by atoms with Crippen LogP contribution in [0.4, 0.5) is 5.69 Å². The van der Waals surface area contributed by atoms with E-state index in [1.54, 1.807) is 6.07 Å². The lowest BCUT2D eigenvalue weighted by Crippen LogP contribution is -2.33. The molecule has 0 unspecified atom stereocenters. The molecule has 0 saturated carbocycles. The molecule has 0 bridgehead atoms. The summed E-state index contributed by atoms with van der Waals surface area (Å²) in [6.07, 6.45) is 3.53. The van der Waals surface area contributed by atoms with Gasteiger partial charge in [0.1, 0.15) is 5.69 Å². The van der Waals surface area contributed by atoms with E-state index < -0.39 is 0 Å². The van der Waals surface area contributed by atoms with E-state index in [-0.39, 0.29) is 5.91 Å². The number of aromatic amines is 1. The van der Waals surface area contributed by atoms with Crippen LogP contribution in [0.3, 0.4) is 0 Å². The summed E-state index contributed by atoms with van der Waals surface area (Å²) in [5.41, 5.74) is 7.31. The highest BCUT2D eigenvalue weighted by atomic mass is 32.1. The number of benzene rings is 2. The van der Waals surface area contributed by atoms with Gasteiger partial charge in [-0.25, -0.2) is 4.98 Å². The van der Waals surface area contributed by atoms with E-state index in [2.05, 4.69) is 30.1 Å². The first-order valence-corrected chi connectivity index (χ1v) is 12.0. The Morgan fingerprint density at radius 2 is 1.94 bits per heavy atom. The van der Waals surface area contributed by atoms with Crippen LogP contribution in [0.1, 0.15) is 31.3 Å². The van der Waals surface area contributed by atoms with Crippen molar-refractivity contribution in [2.24, 2.45) is 0 Å². The molecule has 1 N–H and O–H groups in total. The van der Waals surface area contributed by atoms with E-state index >= 15 is 0 Å². The van der Waals surface area contributed by atoms with Crippen LogP contribution in [0.5, 0.6) is 0 Å². The third-order valence-corrected chi connectivity index (χ3v) is 7.45. The van der Waals surface area contributed by atoms with Crippen molar-refractivity contribution in [3.8, 4) is 21.7 Å². The number of aryl methyl sites for hydroxylation is 1. The Kier molecular flexibility index (Phi) is 4.89. The monoisotopic (exact) mass is 463 g/mol. The number of aldehydes is 1. The SMILES string of the molecule is Cc1ccc2c(-c3cccc(C(=O)N4CCc5cc(C=O)sc5-c5ccccc54)n3)c[nH]c2c1. The average Bonchev–Trinajstić information content (AvgIpc) is 3.44. The second-order valence-electron chi connectivity index (χ2n) is 8.50. The molecule has 0 aliphatic carbocycles. The van der Waals surface area contributed by atoms with E-state index in [1.165, 1.54) is 16.9 Å². The molecule has 0 radical (unpaired) electrons. The van der Waals surface area contributed by atoms with Gasteiger partial charge in [0, 0.05) is 39.6 Å². The van der Waals surface area contributed by atoms with Crippen molar-refractivity contribution in [3.63, 3.8) is 0 Å². The van der Waals surface area contributed by atoms with E-state index in [0.717, 1.165) is 50.1 Å². The van der Waals surface area contributed by atoms with Crippen molar-refractivity contribution < 1.29 is 9.59 Å². The van der Waals surface area contributed by atoms with Gasteiger partial charge < -0.3 is 9.88 Å². The second-order valence-corrected chi connectivity index (χ2v) is 9.59. The Morgan fingerprint density at radius 3 is 2.82 bits per heavy atom. The first kappa shape index (κ1) is 20.6. The zero-order valence-corrected chi connectivity index (χ0v) is 19.4. The molecule has 1 amide bonds. The zero-order valence-electron chi connectivity index (χ0n) is 18.5. The van der Waals surface area contributed by atoms with E-state index in [1.807, 2.05) is 53.6 Å². The summed E-state index contributed by atoms with van der Waals surface area (Å²) in [5, 5.41) is 1.08. The highest BCUT2D eigenvalue weighted by Crippen LogP contribution is 2.41. The van der Waals surface area contributed by atoms with Gasteiger partial charge in [-0.05, 0) is 54.8 Å². The summed E-state index contributed by atoms with van der Waals surface area (Å²) >= 11 is 1.48. The molecule has 6 rings (SSSR count). The Balaban J connectivity index is 1.40. The number of nitrogens with zero attached hydrogens (tertiary/aromatic N) is 2. The maximum atomic E-state index is 13.7. The largest absolute Gasteiger partial charge is 0.360 e. The number of hydrogen-bond donors (Lipinski definition) is 1. The van der Waals surface area contributed by atoms with Gasteiger partial charge in [0.25, 0.3) is 5.91 Å². The summed E-state index contributed by atoms with van der Waals surface area (Å²) in [4.78, 5) is 36.8. The van der Waals surface area contributed by atoms with Crippen LogP contribution in [0.2, 0.25) is 0 Å². The van der Waals surface area contributed by atoms with Gasteiger partial charge in [-0.3, -0.25) is 9.59 Å². The number of thiophene rings is 1. The third-order valence-electron chi connectivity index (χ3n) is 6.31. The van der Waals surface area contributed by atoms with E-state index in [9.17, 15) is 9.59 Å². The van der Waals surface area contributed by atoms with Crippen molar-refractivity contribution in [1.29, 1.82) is 0 Å². The fourth-order valence-corrected chi connectivity index (χ4v) is 5.74. The number of para-hydroxylation sites is 1. The molecule has 1 aliphatic heterocycles. The molecule has 0 spiro atoms. The molecule has 166 valence electrons. The number of H-pyrrole nitrogens is 1. The number of anilines is 1. The van der Waals surface area contributed by atoms with Gasteiger partial charge in [0.2, 0.25) is 0 Å². The molecule has 0 saturated heterocycles. The molecule has 6 heteroatoms. The number of aromatic nitrogens is 2. The molecular weight excluding hydrogens is 442 g/mol. The van der Waals surface area contributed by atoms with E-state index in [4.69, 9.17) is 4.98 Å². The lowest BCUT2D eigenvalue weighted by atomic mass is 10.1. The quantitative estimate of drug-likeness (QED) is 0.320. The van der Waals surface area contributed by atoms with Gasteiger partial charge in [-0.15, -0.1) is 11.3 Å². The summed E-state index contributed by atoms with van der Waals surface area (Å²) in [6, 6.07) is 21.7. The van der Waals surface area contributed by atoms with Crippen LogP contribution in [-0.2, 0) is 6.42 Å². The summed E-state index contributed by atoms with van der Waals surface area (Å²) in [7, 11) is 0. The first-order chi connectivity index (χ1) is 16.6. The molecular formula is C28H21N3O2S. The number of amides is 1. The van der Waals surface area contributed by atoms with Crippen LogP contribution in [0.25, 0.3) is 32.6 Å². The average molecular weight is 464 g/mol. The summed E-state index contributed by atoms with van der Waals surface area (Å²) in [5.74, 6) is -0.129. The lowest BCUT2D eigenvalue weighted by Gasteiger charge is -2.22. The molecule has 5 nitrogen and oxygen atoms in total. The number of nitrogens with one attached hydrogen (secondary N) is 1. The van der Waals surface area contributed by atoms with Crippen LogP contribution < -0.4 is 4.90 Å². The Bertz CT molecular complexity index is 1580. The topological polar surface area (TPSA) is 66.1 Å². The second kappa shape index (κ2) is 8.08. The van der Waals surface area contributed by atoms with Crippen LogP contribution in [0, 0.1) is 6.92 Å². The number of rotatable bonds is 3. The van der Waals surface area contributed by atoms with E-state index in [0.29, 0.717) is 23.5 Å². The zero-order chi connectivity index (χ0) is 23.2. The predicted molar refractivity (Wildman–Crippen MR) is 137 cm³/mol. The highest BCUT2D eigenvalue weighted by Gasteiger charge is 2.27. The predicted octanol–water partition coefficient (Wildman–Crippen LogP) is 6.28. The maximum Gasteiger partial charge on any atom is 0.276 e. The van der Waals surface area contributed by atoms with Crippen LogP contribution in [0.15, 0.2) is 72.9 Å². The summed E-state index contributed by atoms with van der Waals surface area (Å²) < 4.78 is 0. The molecule has 34 heavy (non-hydrogen) atoms. The maximum absolute atomic E-state index is 13.7. The minimum absolute atomic E-state index is 0.129. The minimum Gasteiger partial charge on any atom is -0.360 e. The summed E-state index contributed by atoms with van der Waals surface area (Å²) in [6.45, 7) is 2.59. The Hall–Kier alpha value is -4.03. The molecule has 2 aromatic carbocycles.